The SMILES string of the molecule is CC.CCn1cc(CCCC[O-])nn1.[K+]. The van der Waals surface area contributed by atoms with Crippen molar-refractivity contribution in [3.63, 3.8) is 0 Å². The van der Waals surface area contributed by atoms with E-state index in [0.717, 1.165) is 31.5 Å². The molecule has 1 aromatic heterocycles. The quantitative estimate of drug-likeness (QED) is 0.440. The van der Waals surface area contributed by atoms with Crippen LogP contribution in [0, 0.1) is 0 Å². The van der Waals surface area contributed by atoms with E-state index in [0.29, 0.717) is 0 Å². The molecule has 0 aliphatic rings. The molecule has 0 aliphatic heterocycles. The van der Waals surface area contributed by atoms with E-state index in [1.807, 2.05) is 27.0 Å². The van der Waals surface area contributed by atoms with Crippen LogP contribution in [-0.2, 0) is 13.0 Å². The molecule has 0 spiro atoms. The van der Waals surface area contributed by atoms with E-state index in [1.165, 1.54) is 0 Å². The Morgan fingerprint density at radius 1 is 1.33 bits per heavy atom. The van der Waals surface area contributed by atoms with E-state index in [1.54, 1.807) is 4.68 Å². The zero-order valence-corrected chi connectivity index (χ0v) is 13.5. The van der Waals surface area contributed by atoms with Crippen LogP contribution in [0.2, 0.25) is 0 Å². The summed E-state index contributed by atoms with van der Waals surface area (Å²) in [7, 11) is 0. The first-order valence-corrected chi connectivity index (χ1v) is 5.34. The Labute approximate surface area is 135 Å². The monoisotopic (exact) mass is 237 g/mol. The van der Waals surface area contributed by atoms with E-state index in [4.69, 9.17) is 0 Å². The third-order valence-electron chi connectivity index (χ3n) is 1.74. The second kappa shape index (κ2) is 12.8. The van der Waals surface area contributed by atoms with Gasteiger partial charge >= 0.3 is 51.4 Å². The molecule has 0 saturated heterocycles. The maximum atomic E-state index is 10.1. The molecule has 0 aliphatic carbocycles. The summed E-state index contributed by atoms with van der Waals surface area (Å²) >= 11 is 0. The number of hydrogen-bond acceptors (Lipinski definition) is 3. The van der Waals surface area contributed by atoms with Crippen LogP contribution in [-0.4, -0.2) is 21.6 Å². The van der Waals surface area contributed by atoms with Gasteiger partial charge in [0.25, 0.3) is 0 Å². The summed E-state index contributed by atoms with van der Waals surface area (Å²) in [5, 5.41) is 18.0. The van der Waals surface area contributed by atoms with Gasteiger partial charge in [0.15, 0.2) is 0 Å². The van der Waals surface area contributed by atoms with Gasteiger partial charge in [-0.15, -0.1) is 11.7 Å². The maximum absolute atomic E-state index is 10.1. The van der Waals surface area contributed by atoms with Gasteiger partial charge in [-0.1, -0.05) is 25.5 Å². The third-order valence-corrected chi connectivity index (χ3v) is 1.74. The van der Waals surface area contributed by atoms with Crippen LogP contribution in [0.4, 0.5) is 0 Å². The van der Waals surface area contributed by atoms with Gasteiger partial charge < -0.3 is 5.11 Å². The van der Waals surface area contributed by atoms with Crippen LogP contribution in [0.3, 0.4) is 0 Å². The summed E-state index contributed by atoms with van der Waals surface area (Å²) in [6.45, 7) is 6.90. The fourth-order valence-corrected chi connectivity index (χ4v) is 1.02. The minimum Gasteiger partial charge on any atom is -0.854 e. The maximum Gasteiger partial charge on any atom is 1.00 e. The van der Waals surface area contributed by atoms with Crippen molar-refractivity contribution in [2.45, 2.75) is 46.6 Å². The van der Waals surface area contributed by atoms with Crippen molar-refractivity contribution in [1.29, 1.82) is 0 Å². The molecule has 5 heteroatoms. The largest absolute Gasteiger partial charge is 1.00 e. The topological polar surface area (TPSA) is 53.8 Å². The van der Waals surface area contributed by atoms with Crippen molar-refractivity contribution in [3.05, 3.63) is 11.9 Å². The van der Waals surface area contributed by atoms with Gasteiger partial charge in [-0.2, -0.15) is 0 Å². The zero-order chi connectivity index (χ0) is 10.8. The van der Waals surface area contributed by atoms with Crippen LogP contribution in [0.1, 0.15) is 39.3 Å². The fourth-order valence-electron chi connectivity index (χ4n) is 1.02. The first-order chi connectivity index (χ1) is 6.86. The average molecular weight is 237 g/mol. The van der Waals surface area contributed by atoms with Gasteiger partial charge in [-0.3, -0.25) is 4.68 Å². The number of aryl methyl sites for hydroxylation is 2. The average Bonchev–Trinajstić information content (AvgIpc) is 2.69. The molecule has 0 amide bonds. The van der Waals surface area contributed by atoms with E-state index >= 15 is 0 Å². The standard InChI is InChI=1S/C8H14N3O.C2H6.K/c1-2-11-7-8(9-10-11)5-3-4-6-12;1-2;/h7H,2-6H2,1H3;1-2H3;/q-1;;+1. The summed E-state index contributed by atoms with van der Waals surface area (Å²) in [6, 6.07) is 0. The van der Waals surface area contributed by atoms with Crippen molar-refractivity contribution in [3.8, 4) is 0 Å². The zero-order valence-electron chi connectivity index (χ0n) is 10.4. The smallest absolute Gasteiger partial charge is 0.854 e. The van der Waals surface area contributed by atoms with Crippen molar-refractivity contribution in [2.75, 3.05) is 6.61 Å². The Kier molecular flexibility index (Phi) is 15.5. The van der Waals surface area contributed by atoms with Crippen molar-refractivity contribution < 1.29 is 56.5 Å². The number of nitrogens with zero attached hydrogens (tertiary/aromatic N) is 3. The number of aromatic nitrogens is 3. The van der Waals surface area contributed by atoms with E-state index < -0.39 is 0 Å². The molecule has 4 nitrogen and oxygen atoms in total. The summed E-state index contributed by atoms with van der Waals surface area (Å²) in [5.74, 6) is 0. The molecule has 82 valence electrons. The van der Waals surface area contributed by atoms with Gasteiger partial charge in [0.05, 0.1) is 5.69 Å². The molecule has 1 aromatic rings. The first kappa shape index (κ1) is 18.1. The molecule has 0 atom stereocenters. The van der Waals surface area contributed by atoms with Gasteiger partial charge in [0.2, 0.25) is 0 Å². The van der Waals surface area contributed by atoms with E-state index in [2.05, 4.69) is 10.3 Å². The number of hydrogen-bond donors (Lipinski definition) is 0. The molecule has 1 rings (SSSR count). The Hall–Kier alpha value is 0.736. The molecule has 0 bridgehead atoms. The van der Waals surface area contributed by atoms with Gasteiger partial charge in [0.1, 0.15) is 0 Å². The molecule has 0 saturated carbocycles. The molecule has 0 unspecified atom stereocenters. The van der Waals surface area contributed by atoms with Crippen LogP contribution in [0.15, 0.2) is 6.20 Å². The predicted octanol–water partition coefficient (Wildman–Crippen LogP) is -1.99. The summed E-state index contributed by atoms with van der Waals surface area (Å²) in [6.07, 6.45) is 4.47. The van der Waals surface area contributed by atoms with Gasteiger partial charge in [-0.25, -0.2) is 0 Å². The predicted molar refractivity (Wildman–Crippen MR) is 54.8 cm³/mol. The third kappa shape index (κ3) is 8.53. The van der Waals surface area contributed by atoms with Gasteiger partial charge in [-0.05, 0) is 19.8 Å². The van der Waals surface area contributed by atoms with Crippen LogP contribution in [0.25, 0.3) is 0 Å². The normalized spacial score (nSPS) is 8.80. The fraction of sp³-hybridized carbons (Fsp3) is 0.800. The summed E-state index contributed by atoms with van der Waals surface area (Å²) in [5.41, 5.74) is 0.991. The molecule has 0 N–H and O–H groups in total. The molecule has 0 fully saturated rings. The Morgan fingerprint density at radius 3 is 2.47 bits per heavy atom. The molecular formula is C10H20KN3O. The van der Waals surface area contributed by atoms with Gasteiger partial charge in [0, 0.05) is 12.7 Å². The van der Waals surface area contributed by atoms with E-state index in [9.17, 15) is 5.11 Å². The van der Waals surface area contributed by atoms with Crippen LogP contribution < -0.4 is 56.5 Å². The summed E-state index contributed by atoms with van der Waals surface area (Å²) in [4.78, 5) is 0. The van der Waals surface area contributed by atoms with Crippen molar-refractivity contribution in [2.24, 2.45) is 0 Å². The second-order valence-corrected chi connectivity index (χ2v) is 2.73. The Balaban J connectivity index is 0. The minimum atomic E-state index is 0. The first-order valence-electron chi connectivity index (χ1n) is 5.34. The molecule has 1 heterocycles. The second-order valence-electron chi connectivity index (χ2n) is 2.73. The van der Waals surface area contributed by atoms with Crippen molar-refractivity contribution >= 4 is 0 Å². The van der Waals surface area contributed by atoms with Crippen LogP contribution >= 0.6 is 0 Å². The molecule has 15 heavy (non-hydrogen) atoms. The Morgan fingerprint density at radius 2 is 2.00 bits per heavy atom. The number of rotatable bonds is 5. The van der Waals surface area contributed by atoms with E-state index in [-0.39, 0.29) is 58.0 Å². The van der Waals surface area contributed by atoms with Crippen LogP contribution in [0.5, 0.6) is 0 Å². The molecule has 0 aromatic carbocycles. The number of unbranched alkanes of at least 4 members (excludes halogenated alkanes) is 1. The Bertz CT molecular complexity index is 228. The molecule has 0 radical (unpaired) electrons. The van der Waals surface area contributed by atoms with Crippen molar-refractivity contribution in [1.82, 2.24) is 15.0 Å². The minimum absolute atomic E-state index is 0. The summed E-state index contributed by atoms with van der Waals surface area (Å²) < 4.78 is 1.80. The molecular weight excluding hydrogens is 217 g/mol.